The van der Waals surface area contributed by atoms with Gasteiger partial charge in [0, 0.05) is 47.0 Å². The van der Waals surface area contributed by atoms with Crippen molar-refractivity contribution >= 4 is 40.7 Å². The van der Waals surface area contributed by atoms with Crippen molar-refractivity contribution in [3.63, 3.8) is 0 Å². The van der Waals surface area contributed by atoms with Gasteiger partial charge in [0.1, 0.15) is 11.6 Å². The number of carbonyl (C=O) groups excluding carboxylic acids is 1. The molecule has 4 aromatic rings. The van der Waals surface area contributed by atoms with Crippen LogP contribution in [0, 0.1) is 0 Å². The number of rotatable bonds is 9. The minimum absolute atomic E-state index is 0.343. The lowest BCUT2D eigenvalue weighted by Crippen LogP contribution is -2.19. The van der Waals surface area contributed by atoms with Gasteiger partial charge in [0.05, 0.1) is 6.61 Å². The van der Waals surface area contributed by atoms with E-state index in [2.05, 4.69) is 41.4 Å². The van der Waals surface area contributed by atoms with E-state index < -0.39 is 0 Å². The summed E-state index contributed by atoms with van der Waals surface area (Å²) in [4.78, 5) is 21.1. The fourth-order valence-corrected chi connectivity index (χ4v) is 3.51. The molecular formula is C25H26N8O2. The first-order chi connectivity index (χ1) is 17.1. The zero-order chi connectivity index (χ0) is 24.0. The number of urea groups is 1. The number of nitrogens with zero attached hydrogens (tertiary/aromatic N) is 3. The molecular weight excluding hydrogens is 444 g/mol. The third-order valence-corrected chi connectivity index (χ3v) is 5.33. The predicted octanol–water partition coefficient (Wildman–Crippen LogP) is 5.61. The van der Waals surface area contributed by atoms with Crippen molar-refractivity contribution in [3.8, 4) is 5.75 Å². The third kappa shape index (κ3) is 6.05. The standard InChI is InChI=1S/C25H26N8O2/c1-2-35-20-5-3-4-19(14-20)29-25(34)28-18-10-8-17(9-11-18)27-24-26-13-12-22(31-24)30-23-15-21(32-33-23)16-6-7-16/h3-5,8-16H,2,6-7H2,1H3,(H2,28,29,34)(H3,26,27,30,31,32,33). The molecule has 0 bridgehead atoms. The molecule has 178 valence electrons. The topological polar surface area (TPSA) is 129 Å². The van der Waals surface area contributed by atoms with E-state index in [9.17, 15) is 4.79 Å². The molecule has 10 nitrogen and oxygen atoms in total. The smallest absolute Gasteiger partial charge is 0.323 e. The molecule has 0 atom stereocenters. The summed E-state index contributed by atoms with van der Waals surface area (Å²) in [6, 6.07) is 18.0. The molecule has 5 N–H and O–H groups in total. The lowest BCUT2D eigenvalue weighted by Gasteiger charge is -2.10. The van der Waals surface area contributed by atoms with Crippen LogP contribution in [0.15, 0.2) is 66.9 Å². The highest BCUT2D eigenvalue weighted by atomic mass is 16.5. The van der Waals surface area contributed by atoms with E-state index in [0.29, 0.717) is 41.4 Å². The van der Waals surface area contributed by atoms with Crippen molar-refractivity contribution in [2.24, 2.45) is 0 Å². The summed E-state index contributed by atoms with van der Waals surface area (Å²) >= 11 is 0. The van der Waals surface area contributed by atoms with Gasteiger partial charge in [0.2, 0.25) is 5.95 Å². The molecule has 35 heavy (non-hydrogen) atoms. The number of nitrogens with one attached hydrogen (secondary N) is 5. The van der Waals surface area contributed by atoms with Crippen LogP contribution in [0.3, 0.4) is 0 Å². The summed E-state index contributed by atoms with van der Waals surface area (Å²) < 4.78 is 5.46. The lowest BCUT2D eigenvalue weighted by atomic mass is 10.3. The number of hydrogen-bond donors (Lipinski definition) is 5. The number of benzene rings is 2. The zero-order valence-electron chi connectivity index (χ0n) is 19.2. The summed E-state index contributed by atoms with van der Waals surface area (Å²) in [6.07, 6.45) is 4.10. The molecule has 1 aliphatic carbocycles. The average Bonchev–Trinajstić information content (AvgIpc) is 3.60. The molecule has 1 fully saturated rings. The van der Waals surface area contributed by atoms with Gasteiger partial charge in [-0.05, 0) is 62.2 Å². The maximum atomic E-state index is 12.3. The molecule has 2 amide bonds. The maximum absolute atomic E-state index is 12.3. The van der Waals surface area contributed by atoms with Gasteiger partial charge in [-0.1, -0.05) is 6.07 Å². The van der Waals surface area contributed by atoms with Gasteiger partial charge in [0.25, 0.3) is 0 Å². The Bertz CT molecular complexity index is 1300. The average molecular weight is 471 g/mol. The maximum Gasteiger partial charge on any atom is 0.323 e. The zero-order valence-corrected chi connectivity index (χ0v) is 19.2. The molecule has 2 aromatic carbocycles. The SMILES string of the molecule is CCOc1cccc(NC(=O)Nc2ccc(Nc3nccc(Nc4cc(C5CC5)[nH]n4)n3)cc2)c1. The predicted molar refractivity (Wildman–Crippen MR) is 136 cm³/mol. The van der Waals surface area contributed by atoms with Crippen LogP contribution < -0.4 is 26.0 Å². The Labute approximate surface area is 202 Å². The van der Waals surface area contributed by atoms with E-state index in [1.807, 2.05) is 37.3 Å². The van der Waals surface area contributed by atoms with E-state index in [0.717, 1.165) is 17.2 Å². The fourth-order valence-electron chi connectivity index (χ4n) is 3.51. The highest BCUT2D eigenvalue weighted by molar-refractivity contribution is 5.99. The summed E-state index contributed by atoms with van der Waals surface area (Å²) in [7, 11) is 0. The molecule has 0 unspecified atom stereocenters. The second-order valence-corrected chi connectivity index (χ2v) is 8.12. The van der Waals surface area contributed by atoms with Crippen molar-refractivity contribution in [1.29, 1.82) is 0 Å². The number of carbonyl (C=O) groups is 1. The Kier molecular flexibility index (Phi) is 6.42. The number of anilines is 6. The van der Waals surface area contributed by atoms with Crippen LogP contribution in [0.4, 0.5) is 39.4 Å². The second kappa shape index (κ2) is 10.1. The summed E-state index contributed by atoms with van der Waals surface area (Å²) in [5, 5.41) is 19.3. The van der Waals surface area contributed by atoms with Crippen LogP contribution in [0.5, 0.6) is 5.75 Å². The first-order valence-corrected chi connectivity index (χ1v) is 11.5. The van der Waals surface area contributed by atoms with Crippen molar-refractivity contribution in [3.05, 3.63) is 72.6 Å². The van der Waals surface area contributed by atoms with Crippen molar-refractivity contribution in [2.45, 2.75) is 25.7 Å². The van der Waals surface area contributed by atoms with Crippen LogP contribution >= 0.6 is 0 Å². The highest BCUT2D eigenvalue weighted by Crippen LogP contribution is 2.39. The minimum atomic E-state index is -0.343. The highest BCUT2D eigenvalue weighted by Gasteiger charge is 2.25. The van der Waals surface area contributed by atoms with Crippen LogP contribution in [0.1, 0.15) is 31.4 Å². The summed E-state index contributed by atoms with van der Waals surface area (Å²) in [6.45, 7) is 2.48. The van der Waals surface area contributed by atoms with Crippen molar-refractivity contribution in [1.82, 2.24) is 20.2 Å². The molecule has 0 saturated heterocycles. The van der Waals surface area contributed by atoms with Gasteiger partial charge in [-0.15, -0.1) is 0 Å². The molecule has 0 aliphatic heterocycles. The Morgan fingerprint density at radius 2 is 1.77 bits per heavy atom. The second-order valence-electron chi connectivity index (χ2n) is 8.12. The van der Waals surface area contributed by atoms with E-state index >= 15 is 0 Å². The van der Waals surface area contributed by atoms with Gasteiger partial charge in [-0.3, -0.25) is 5.10 Å². The molecule has 0 spiro atoms. The van der Waals surface area contributed by atoms with Crippen LogP contribution in [-0.4, -0.2) is 32.8 Å². The number of H-pyrrole nitrogens is 1. The largest absolute Gasteiger partial charge is 0.494 e. The number of aromatic amines is 1. The van der Waals surface area contributed by atoms with Gasteiger partial charge in [0.15, 0.2) is 5.82 Å². The Balaban J connectivity index is 1.16. The molecule has 10 heteroatoms. The number of amides is 2. The normalized spacial score (nSPS) is 12.6. The molecule has 0 radical (unpaired) electrons. The van der Waals surface area contributed by atoms with Crippen molar-refractivity contribution < 1.29 is 9.53 Å². The Hall–Kier alpha value is -4.60. The Morgan fingerprint density at radius 1 is 0.971 bits per heavy atom. The molecule has 5 rings (SSSR count). The summed E-state index contributed by atoms with van der Waals surface area (Å²) in [5.74, 6) is 3.13. The molecule has 1 saturated carbocycles. The molecule has 2 heterocycles. The van der Waals surface area contributed by atoms with Gasteiger partial charge in [-0.25, -0.2) is 9.78 Å². The Morgan fingerprint density at radius 3 is 2.57 bits per heavy atom. The molecule has 2 aromatic heterocycles. The van der Waals surface area contributed by atoms with Gasteiger partial charge >= 0.3 is 6.03 Å². The van der Waals surface area contributed by atoms with Crippen LogP contribution in [0.2, 0.25) is 0 Å². The third-order valence-electron chi connectivity index (χ3n) is 5.33. The summed E-state index contributed by atoms with van der Waals surface area (Å²) in [5.41, 5.74) is 3.24. The van der Waals surface area contributed by atoms with E-state index in [-0.39, 0.29) is 6.03 Å². The minimum Gasteiger partial charge on any atom is -0.494 e. The lowest BCUT2D eigenvalue weighted by molar-refractivity contribution is 0.262. The molecule has 1 aliphatic rings. The number of aromatic nitrogens is 4. The van der Waals surface area contributed by atoms with Crippen LogP contribution in [0.25, 0.3) is 0 Å². The number of ether oxygens (including phenoxy) is 1. The first kappa shape index (κ1) is 22.2. The van der Waals surface area contributed by atoms with E-state index in [1.165, 1.54) is 12.8 Å². The van der Waals surface area contributed by atoms with Gasteiger partial charge in [-0.2, -0.15) is 10.1 Å². The van der Waals surface area contributed by atoms with Gasteiger partial charge < -0.3 is 26.0 Å². The fraction of sp³-hybridized carbons (Fsp3) is 0.200. The first-order valence-electron chi connectivity index (χ1n) is 11.5. The van der Waals surface area contributed by atoms with E-state index in [4.69, 9.17) is 4.74 Å². The van der Waals surface area contributed by atoms with Crippen LogP contribution in [-0.2, 0) is 0 Å². The quantitative estimate of drug-likeness (QED) is 0.215. The van der Waals surface area contributed by atoms with Crippen molar-refractivity contribution in [2.75, 3.05) is 27.9 Å². The number of hydrogen-bond acceptors (Lipinski definition) is 7. The van der Waals surface area contributed by atoms with E-state index in [1.54, 1.807) is 36.5 Å². The monoisotopic (exact) mass is 470 g/mol.